The first kappa shape index (κ1) is 23.9. The Morgan fingerprint density at radius 2 is 1.97 bits per heavy atom. The first-order chi connectivity index (χ1) is 16.0. The lowest BCUT2D eigenvalue weighted by molar-refractivity contribution is 0.274. The molecule has 2 heterocycles. The molecule has 2 aromatic heterocycles. The summed E-state index contributed by atoms with van der Waals surface area (Å²) in [7, 11) is 0. The number of anilines is 1. The molecular weight excluding hydrogens is 464 g/mol. The summed E-state index contributed by atoms with van der Waals surface area (Å²) in [5, 5.41) is 19.3. The molecule has 33 heavy (non-hydrogen) atoms. The molecule has 0 unspecified atom stereocenters. The van der Waals surface area contributed by atoms with Gasteiger partial charge in [-0.1, -0.05) is 36.9 Å². The topological polar surface area (TPSA) is 120 Å². The summed E-state index contributed by atoms with van der Waals surface area (Å²) in [6.07, 6.45) is 5.56. The molecule has 178 valence electrons. The average Bonchev–Trinajstić information content (AvgIpc) is 3.15. The molecule has 0 atom stereocenters. The number of fused-ring (bicyclic) bond motifs is 1. The normalized spacial score (nSPS) is 14.8. The molecule has 1 saturated carbocycles. The van der Waals surface area contributed by atoms with E-state index in [0.29, 0.717) is 23.0 Å². The van der Waals surface area contributed by atoms with Gasteiger partial charge in [0.1, 0.15) is 0 Å². The van der Waals surface area contributed by atoms with E-state index >= 15 is 0 Å². The van der Waals surface area contributed by atoms with Crippen LogP contribution in [0, 0.1) is 0 Å². The summed E-state index contributed by atoms with van der Waals surface area (Å²) in [4.78, 5) is 31.8. The molecule has 1 fully saturated rings. The van der Waals surface area contributed by atoms with Crippen LogP contribution in [-0.2, 0) is 19.6 Å². The number of imidazole rings is 1. The van der Waals surface area contributed by atoms with Crippen molar-refractivity contribution >= 4 is 40.7 Å². The van der Waals surface area contributed by atoms with Crippen molar-refractivity contribution < 1.29 is 5.11 Å². The fourth-order valence-electron chi connectivity index (χ4n) is 4.49. The van der Waals surface area contributed by atoms with Gasteiger partial charge in [0, 0.05) is 17.5 Å². The highest BCUT2D eigenvalue weighted by molar-refractivity contribution is 7.97. The number of halogens is 1. The molecule has 0 bridgehead atoms. The van der Waals surface area contributed by atoms with E-state index in [9.17, 15) is 14.7 Å². The van der Waals surface area contributed by atoms with Crippen LogP contribution in [0.25, 0.3) is 11.2 Å². The highest BCUT2D eigenvalue weighted by Crippen LogP contribution is 2.27. The summed E-state index contributed by atoms with van der Waals surface area (Å²) in [6.45, 7) is 2.15. The fraction of sp³-hybridized carbons (Fsp3) is 0.500. The third kappa shape index (κ3) is 4.70. The Labute approximate surface area is 200 Å². The van der Waals surface area contributed by atoms with Crippen LogP contribution >= 0.6 is 23.5 Å². The smallest absolute Gasteiger partial charge is 0.332 e. The van der Waals surface area contributed by atoms with Gasteiger partial charge in [-0.3, -0.25) is 23.6 Å². The molecule has 0 amide bonds. The maximum absolute atomic E-state index is 13.4. The Kier molecular flexibility index (Phi) is 7.48. The van der Waals surface area contributed by atoms with Crippen molar-refractivity contribution in [3.05, 3.63) is 49.6 Å². The monoisotopic (exact) mass is 492 g/mol. The van der Waals surface area contributed by atoms with E-state index in [2.05, 4.69) is 5.32 Å². The number of nitrogens with one attached hydrogen (secondary N) is 1. The molecule has 0 saturated heterocycles. The summed E-state index contributed by atoms with van der Waals surface area (Å²) >= 11 is 7.45. The van der Waals surface area contributed by atoms with Gasteiger partial charge in [-0.15, -0.1) is 0 Å². The van der Waals surface area contributed by atoms with Crippen LogP contribution in [0.3, 0.4) is 0 Å². The summed E-state index contributed by atoms with van der Waals surface area (Å²) in [5.74, 6) is 0.544. The Morgan fingerprint density at radius 3 is 2.61 bits per heavy atom. The second-order valence-corrected chi connectivity index (χ2v) is 9.35. The van der Waals surface area contributed by atoms with Crippen molar-refractivity contribution in [1.29, 1.82) is 0 Å². The number of aromatic nitrogens is 4. The van der Waals surface area contributed by atoms with Gasteiger partial charge in [0.15, 0.2) is 11.2 Å². The number of nitrogens with zero attached hydrogens (tertiary/aromatic N) is 4. The number of aliphatic hydroxyl groups is 1. The molecule has 0 radical (unpaired) electrons. The zero-order chi connectivity index (χ0) is 23.5. The lowest BCUT2D eigenvalue weighted by Crippen LogP contribution is -2.40. The maximum Gasteiger partial charge on any atom is 0.332 e. The van der Waals surface area contributed by atoms with Gasteiger partial charge >= 0.3 is 5.69 Å². The van der Waals surface area contributed by atoms with Crippen molar-refractivity contribution in [2.45, 2.75) is 69.6 Å². The van der Waals surface area contributed by atoms with E-state index in [1.54, 1.807) is 6.92 Å². The van der Waals surface area contributed by atoms with Gasteiger partial charge in [-0.25, -0.2) is 4.79 Å². The van der Waals surface area contributed by atoms with Crippen LogP contribution in [0.2, 0.25) is 5.02 Å². The molecule has 4 N–H and O–H groups in total. The van der Waals surface area contributed by atoms with Crippen LogP contribution in [-0.4, -0.2) is 36.4 Å². The summed E-state index contributed by atoms with van der Waals surface area (Å²) < 4.78 is 4.39. The Morgan fingerprint density at radius 1 is 1.21 bits per heavy atom. The lowest BCUT2D eigenvalue weighted by atomic mass is 9.96. The number of benzene rings is 1. The lowest BCUT2D eigenvalue weighted by Gasteiger charge is -2.23. The summed E-state index contributed by atoms with van der Waals surface area (Å²) in [5.41, 5.74) is 0.631. The first-order valence-electron chi connectivity index (χ1n) is 11.2. The quantitative estimate of drug-likeness (QED) is 0.413. The van der Waals surface area contributed by atoms with Crippen molar-refractivity contribution in [3.8, 4) is 0 Å². The van der Waals surface area contributed by atoms with E-state index < -0.39 is 11.2 Å². The Hall–Kier alpha value is -2.27. The first-order valence-corrected chi connectivity index (χ1v) is 12.5. The van der Waals surface area contributed by atoms with Gasteiger partial charge < -0.3 is 10.4 Å². The highest BCUT2D eigenvalue weighted by atomic mass is 35.5. The molecular formula is C22H29ClN6O3S. The van der Waals surface area contributed by atoms with Crippen LogP contribution in [0.5, 0.6) is 0 Å². The zero-order valence-corrected chi connectivity index (χ0v) is 20.2. The van der Waals surface area contributed by atoms with E-state index in [-0.39, 0.29) is 31.4 Å². The number of hydrogen-bond acceptors (Lipinski definition) is 7. The van der Waals surface area contributed by atoms with E-state index in [0.717, 1.165) is 48.1 Å². The predicted octanol–water partition coefficient (Wildman–Crippen LogP) is 2.78. The third-order valence-electron chi connectivity index (χ3n) is 6.16. The molecule has 1 aromatic carbocycles. The SMILES string of the molecule is CCn1c(=O)c2c(nc(NC3CCCCC3)n2Cc2ccc(SN)c(Cl)c2)n(CCO)c1=O. The third-order valence-corrected chi connectivity index (χ3v) is 7.19. The van der Waals surface area contributed by atoms with Gasteiger partial charge in [0.25, 0.3) is 5.56 Å². The minimum atomic E-state index is -0.467. The number of aliphatic hydroxyl groups excluding tert-OH is 1. The second-order valence-electron chi connectivity index (χ2n) is 8.26. The number of hydrogen-bond donors (Lipinski definition) is 3. The van der Waals surface area contributed by atoms with Gasteiger partial charge in [-0.05, 0) is 49.4 Å². The van der Waals surface area contributed by atoms with Crippen LogP contribution in [0.15, 0.2) is 32.7 Å². The van der Waals surface area contributed by atoms with E-state index in [4.69, 9.17) is 21.7 Å². The Bertz CT molecular complexity index is 1260. The molecule has 4 rings (SSSR count). The minimum Gasteiger partial charge on any atom is -0.395 e. The molecule has 9 nitrogen and oxygen atoms in total. The van der Waals surface area contributed by atoms with Crippen molar-refractivity contribution in [2.75, 3.05) is 11.9 Å². The molecule has 0 aliphatic heterocycles. The average molecular weight is 493 g/mol. The number of rotatable bonds is 8. The standard InChI is InChI=1S/C22H29ClN6O3S/c1-2-27-20(31)18-19(28(10-11-30)22(27)32)26-21(25-15-6-4-3-5-7-15)29(18)13-14-8-9-17(33-24)16(23)12-14/h8-9,12,15,30H,2-7,10-11,13,24H2,1H3,(H,25,26). The molecule has 1 aliphatic rings. The van der Waals surface area contributed by atoms with E-state index in [1.165, 1.54) is 15.6 Å². The molecule has 1 aliphatic carbocycles. The summed E-state index contributed by atoms with van der Waals surface area (Å²) in [6, 6.07) is 5.84. The molecule has 0 spiro atoms. The van der Waals surface area contributed by atoms with Crippen molar-refractivity contribution in [3.63, 3.8) is 0 Å². The van der Waals surface area contributed by atoms with Gasteiger partial charge in [-0.2, -0.15) is 4.98 Å². The maximum atomic E-state index is 13.4. The van der Waals surface area contributed by atoms with E-state index in [1.807, 2.05) is 22.8 Å². The van der Waals surface area contributed by atoms with Crippen LogP contribution < -0.4 is 21.7 Å². The number of nitrogens with two attached hydrogens (primary N) is 1. The van der Waals surface area contributed by atoms with Crippen molar-refractivity contribution in [2.24, 2.45) is 5.14 Å². The van der Waals surface area contributed by atoms with Gasteiger partial charge in [0.2, 0.25) is 5.95 Å². The highest BCUT2D eigenvalue weighted by Gasteiger charge is 2.23. The van der Waals surface area contributed by atoms with Crippen LogP contribution in [0.1, 0.15) is 44.6 Å². The molecule has 11 heteroatoms. The predicted molar refractivity (Wildman–Crippen MR) is 132 cm³/mol. The van der Waals surface area contributed by atoms with Crippen LogP contribution in [0.4, 0.5) is 5.95 Å². The largest absolute Gasteiger partial charge is 0.395 e. The molecule has 3 aromatic rings. The van der Waals surface area contributed by atoms with Gasteiger partial charge in [0.05, 0.1) is 24.7 Å². The van der Waals surface area contributed by atoms with Crippen molar-refractivity contribution in [1.82, 2.24) is 18.7 Å². The minimum absolute atomic E-state index is 0.0593. The fourth-order valence-corrected chi connectivity index (χ4v) is 5.14. The second kappa shape index (κ2) is 10.3. The zero-order valence-electron chi connectivity index (χ0n) is 18.6. The Balaban J connectivity index is 1.91.